The molecule has 2 heterocycles. The van der Waals surface area contributed by atoms with Crippen molar-refractivity contribution in [3.8, 4) is 0 Å². The van der Waals surface area contributed by atoms with E-state index < -0.39 is 47.2 Å². The topological polar surface area (TPSA) is 85.8 Å². The van der Waals surface area contributed by atoms with E-state index in [1.165, 1.54) is 0 Å². The van der Waals surface area contributed by atoms with Gasteiger partial charge in [-0.25, -0.2) is 9.78 Å². The van der Waals surface area contributed by atoms with Crippen molar-refractivity contribution in [3.05, 3.63) is 59.3 Å². The predicted molar refractivity (Wildman–Crippen MR) is 151 cm³/mol. The third kappa shape index (κ3) is 6.52. The quantitative estimate of drug-likeness (QED) is 0.428. The Morgan fingerprint density at radius 1 is 1.07 bits per heavy atom. The average Bonchev–Trinajstić information content (AvgIpc) is 3.28. The number of pyridine rings is 1. The zero-order valence-corrected chi connectivity index (χ0v) is 24.4. The number of amides is 1. The lowest BCUT2D eigenvalue weighted by Gasteiger charge is -2.36. The summed E-state index contributed by atoms with van der Waals surface area (Å²) < 4.78 is 40.9. The maximum absolute atomic E-state index is 14.2. The van der Waals surface area contributed by atoms with Crippen LogP contribution < -0.4 is 10.2 Å². The van der Waals surface area contributed by atoms with Gasteiger partial charge in [0.2, 0.25) is 5.91 Å². The Bertz CT molecular complexity index is 1220. The summed E-state index contributed by atoms with van der Waals surface area (Å²) >= 11 is 0. The van der Waals surface area contributed by atoms with E-state index in [0.717, 1.165) is 49.9 Å². The first-order chi connectivity index (χ1) is 19.2. The van der Waals surface area contributed by atoms with Gasteiger partial charge in [-0.15, -0.1) is 0 Å². The molecule has 2 aromatic rings. The average molecular weight is 575 g/mol. The van der Waals surface area contributed by atoms with Crippen molar-refractivity contribution < 1.29 is 27.9 Å². The largest absolute Gasteiger partial charge is 0.480 e. The van der Waals surface area contributed by atoms with E-state index in [1.807, 2.05) is 51.1 Å². The molecule has 7 nitrogen and oxygen atoms in total. The van der Waals surface area contributed by atoms with Gasteiger partial charge in [0.05, 0.1) is 11.6 Å². The second-order valence-electron chi connectivity index (χ2n) is 12.6. The van der Waals surface area contributed by atoms with Crippen LogP contribution >= 0.6 is 0 Å². The number of hydrogen-bond donors (Lipinski definition) is 2. The van der Waals surface area contributed by atoms with E-state index in [2.05, 4.69) is 10.3 Å². The molecule has 0 spiro atoms. The van der Waals surface area contributed by atoms with Crippen molar-refractivity contribution in [1.82, 2.24) is 15.2 Å². The van der Waals surface area contributed by atoms with E-state index >= 15 is 0 Å². The van der Waals surface area contributed by atoms with Gasteiger partial charge in [-0.05, 0) is 29.9 Å². The van der Waals surface area contributed by atoms with E-state index in [9.17, 15) is 27.9 Å². The van der Waals surface area contributed by atoms with Crippen LogP contribution in [0.1, 0.15) is 75.6 Å². The van der Waals surface area contributed by atoms with Crippen LogP contribution in [0.5, 0.6) is 0 Å². The van der Waals surface area contributed by atoms with E-state index in [4.69, 9.17) is 0 Å². The zero-order chi connectivity index (χ0) is 30.1. The third-order valence-corrected chi connectivity index (χ3v) is 8.49. The number of nitrogens with one attached hydrogen (secondary N) is 1. The fourth-order valence-corrected chi connectivity index (χ4v) is 6.71. The number of aliphatic carboxylic acids is 1. The molecule has 1 aromatic heterocycles. The summed E-state index contributed by atoms with van der Waals surface area (Å²) in [5.41, 5.74) is -0.266. The molecule has 4 atom stereocenters. The molecular weight excluding hydrogens is 533 g/mol. The number of anilines is 1. The summed E-state index contributed by atoms with van der Waals surface area (Å²) in [5.74, 6) is -1.62. The SMILES string of the molecule is CN(C)c1ncc(C(F)(F)F)cc1CN[C@@H]1[C@@H](C(C)(C)C)[C@H](C(=O)O)N(C(=O)C2CCCCC2)[C@@H]1c1ccccc1. The Morgan fingerprint density at radius 3 is 2.24 bits per heavy atom. The van der Waals surface area contributed by atoms with E-state index in [0.29, 0.717) is 11.4 Å². The maximum atomic E-state index is 14.2. The van der Waals surface area contributed by atoms with Gasteiger partial charge in [-0.3, -0.25) is 4.79 Å². The van der Waals surface area contributed by atoms with Crippen LogP contribution in [0.25, 0.3) is 0 Å². The highest BCUT2D eigenvalue weighted by atomic mass is 19.4. The molecule has 1 saturated heterocycles. The molecule has 1 amide bonds. The van der Waals surface area contributed by atoms with Gasteiger partial charge < -0.3 is 20.2 Å². The van der Waals surface area contributed by atoms with Crippen LogP contribution in [-0.4, -0.2) is 53.0 Å². The standard InChI is InChI=1S/C31H41F3N4O3/c1-30(2,3)23-24(35-17-21-16-22(31(32,33)34)18-36-27(21)37(4)5)25(19-12-8-6-9-13-19)38(26(23)29(40)41)28(39)20-14-10-7-11-15-20/h6,8-9,12-13,16,18,20,23-26,35H,7,10-11,14-15,17H2,1-5H3,(H,40,41)/t23-,24-,25-,26-/m1/s1. The zero-order valence-electron chi connectivity index (χ0n) is 24.4. The lowest BCUT2D eigenvalue weighted by atomic mass is 9.72. The molecule has 2 fully saturated rings. The highest BCUT2D eigenvalue weighted by Gasteiger charge is 2.58. The van der Waals surface area contributed by atoms with E-state index in [-0.39, 0.29) is 18.4 Å². The molecule has 1 aromatic carbocycles. The lowest BCUT2D eigenvalue weighted by Crippen LogP contribution is -2.49. The molecule has 1 aliphatic carbocycles. The van der Waals surface area contributed by atoms with Crippen LogP contribution in [0, 0.1) is 17.3 Å². The van der Waals surface area contributed by atoms with E-state index in [1.54, 1.807) is 23.9 Å². The second kappa shape index (κ2) is 12.0. The molecule has 1 saturated carbocycles. The van der Waals surface area contributed by atoms with Crippen molar-refractivity contribution in [3.63, 3.8) is 0 Å². The summed E-state index contributed by atoms with van der Waals surface area (Å²) in [6.07, 6.45) is 0.633. The smallest absolute Gasteiger partial charge is 0.417 e. The Hall–Kier alpha value is -3.14. The monoisotopic (exact) mass is 574 g/mol. The molecule has 0 radical (unpaired) electrons. The van der Waals surface area contributed by atoms with Gasteiger partial charge in [0.25, 0.3) is 0 Å². The molecule has 4 rings (SSSR count). The van der Waals surface area contributed by atoms with Crippen LogP contribution in [0.4, 0.5) is 19.0 Å². The number of hydrogen-bond acceptors (Lipinski definition) is 5. The number of likely N-dealkylation sites (tertiary alicyclic amines) is 1. The normalized spacial score (nSPS) is 24.0. The first kappa shape index (κ1) is 30.8. The Kier molecular flexibility index (Phi) is 9.01. The first-order valence-corrected chi connectivity index (χ1v) is 14.3. The minimum Gasteiger partial charge on any atom is -0.480 e. The number of nitrogens with zero attached hydrogens (tertiary/aromatic N) is 3. The highest BCUT2D eigenvalue weighted by molar-refractivity contribution is 5.87. The Labute approximate surface area is 240 Å². The minimum absolute atomic E-state index is 0.0167. The summed E-state index contributed by atoms with van der Waals surface area (Å²) in [6.45, 7) is 5.88. The van der Waals surface area contributed by atoms with Crippen molar-refractivity contribution in [2.45, 2.75) is 83.7 Å². The molecular formula is C31H41F3N4O3. The number of aromatic nitrogens is 1. The molecule has 1 aliphatic heterocycles. The van der Waals surface area contributed by atoms with Crippen molar-refractivity contribution in [1.29, 1.82) is 0 Å². The Balaban J connectivity index is 1.82. The second-order valence-corrected chi connectivity index (χ2v) is 12.6. The number of carbonyl (C=O) groups is 2. The minimum atomic E-state index is -4.56. The third-order valence-electron chi connectivity index (χ3n) is 8.49. The van der Waals surface area contributed by atoms with Crippen LogP contribution in [0.15, 0.2) is 42.6 Å². The van der Waals surface area contributed by atoms with Crippen LogP contribution in [0.2, 0.25) is 0 Å². The van der Waals surface area contributed by atoms with Gasteiger partial charge in [-0.2, -0.15) is 13.2 Å². The molecule has 2 aliphatic rings. The Morgan fingerprint density at radius 2 is 1.71 bits per heavy atom. The number of carboxylic acid groups (broad SMARTS) is 1. The van der Waals surface area contributed by atoms with Gasteiger partial charge in [0.15, 0.2) is 0 Å². The van der Waals surface area contributed by atoms with Crippen molar-refractivity contribution in [2.24, 2.45) is 17.3 Å². The number of carbonyl (C=O) groups excluding carboxylic acids is 1. The van der Waals surface area contributed by atoms with Crippen molar-refractivity contribution in [2.75, 3.05) is 19.0 Å². The maximum Gasteiger partial charge on any atom is 0.417 e. The van der Waals surface area contributed by atoms with Crippen LogP contribution in [-0.2, 0) is 22.3 Å². The fourth-order valence-electron chi connectivity index (χ4n) is 6.71. The van der Waals surface area contributed by atoms with Gasteiger partial charge >= 0.3 is 12.1 Å². The number of halogens is 3. The number of benzene rings is 1. The molecule has 224 valence electrons. The van der Waals surface area contributed by atoms with Crippen molar-refractivity contribution >= 4 is 17.7 Å². The summed E-state index contributed by atoms with van der Waals surface area (Å²) in [5, 5.41) is 14.1. The predicted octanol–water partition coefficient (Wildman–Crippen LogP) is 5.90. The molecule has 2 N–H and O–H groups in total. The van der Waals surface area contributed by atoms with Crippen LogP contribution in [0.3, 0.4) is 0 Å². The molecule has 41 heavy (non-hydrogen) atoms. The number of alkyl halides is 3. The highest BCUT2D eigenvalue weighted by Crippen LogP contribution is 2.49. The van der Waals surface area contributed by atoms with Gasteiger partial charge in [0.1, 0.15) is 11.9 Å². The lowest BCUT2D eigenvalue weighted by molar-refractivity contribution is -0.154. The van der Waals surface area contributed by atoms with Gasteiger partial charge in [0, 0.05) is 50.3 Å². The molecule has 0 unspecified atom stereocenters. The summed E-state index contributed by atoms with van der Waals surface area (Å²) in [6, 6.07) is 8.19. The van der Waals surface area contributed by atoms with Gasteiger partial charge in [-0.1, -0.05) is 70.4 Å². The first-order valence-electron chi connectivity index (χ1n) is 14.3. The summed E-state index contributed by atoms with van der Waals surface area (Å²) in [4.78, 5) is 34.5. The summed E-state index contributed by atoms with van der Waals surface area (Å²) in [7, 11) is 3.43. The molecule has 0 bridgehead atoms. The molecule has 10 heteroatoms. The fraction of sp³-hybridized carbons (Fsp3) is 0.581. The number of rotatable bonds is 7. The number of carboxylic acids is 1.